The average molecular weight is 361 g/mol. The summed E-state index contributed by atoms with van der Waals surface area (Å²) >= 11 is 0. The lowest BCUT2D eigenvalue weighted by Gasteiger charge is -2.35. The number of rotatable bonds is 5. The van der Waals surface area contributed by atoms with Crippen LogP contribution in [0, 0.1) is 5.92 Å². The Morgan fingerprint density at radius 2 is 1.88 bits per heavy atom. The molecule has 1 spiro atoms. The van der Waals surface area contributed by atoms with Crippen molar-refractivity contribution < 1.29 is 14.4 Å². The van der Waals surface area contributed by atoms with Crippen LogP contribution in [0.2, 0.25) is 0 Å². The summed E-state index contributed by atoms with van der Waals surface area (Å²) < 4.78 is 0. The third-order valence-corrected chi connectivity index (χ3v) is 5.52. The molecule has 0 aromatic carbocycles. The molecular formula is C16H29ClN4O3. The van der Waals surface area contributed by atoms with Gasteiger partial charge in [-0.1, -0.05) is 26.7 Å². The number of carbonyl (C=O) groups excluding carboxylic acids is 3. The Labute approximate surface area is 149 Å². The molecule has 1 aliphatic carbocycles. The van der Waals surface area contributed by atoms with E-state index in [1.165, 1.54) is 0 Å². The first-order chi connectivity index (χ1) is 10.7. The maximum absolute atomic E-state index is 12.7. The van der Waals surface area contributed by atoms with Crippen LogP contribution in [-0.4, -0.2) is 46.4 Å². The molecule has 8 heteroatoms. The summed E-state index contributed by atoms with van der Waals surface area (Å²) in [6.07, 6.45) is 3.13. The molecule has 2 rings (SSSR count). The van der Waals surface area contributed by atoms with E-state index in [0.717, 1.165) is 17.7 Å². The number of nitrogens with one attached hydrogen (secondary N) is 2. The molecule has 2 unspecified atom stereocenters. The molecule has 1 saturated heterocycles. The second-order valence-electron chi connectivity index (χ2n) is 7.34. The van der Waals surface area contributed by atoms with Crippen LogP contribution < -0.4 is 16.4 Å². The molecule has 138 valence electrons. The maximum Gasteiger partial charge on any atom is 0.325 e. The predicted molar refractivity (Wildman–Crippen MR) is 93.7 cm³/mol. The molecule has 1 aliphatic heterocycles. The van der Waals surface area contributed by atoms with Gasteiger partial charge in [0.1, 0.15) is 11.6 Å². The molecule has 0 aromatic heterocycles. The van der Waals surface area contributed by atoms with Gasteiger partial charge in [0.2, 0.25) is 5.91 Å². The molecule has 4 amide bonds. The van der Waals surface area contributed by atoms with Crippen molar-refractivity contribution >= 4 is 30.3 Å². The molecule has 24 heavy (non-hydrogen) atoms. The summed E-state index contributed by atoms with van der Waals surface area (Å²) in [7, 11) is 0. The summed E-state index contributed by atoms with van der Waals surface area (Å²) in [6, 6.07) is -1.33. The number of urea groups is 1. The number of carbonyl (C=O) groups is 3. The largest absolute Gasteiger partial charge is 0.348 e. The van der Waals surface area contributed by atoms with Crippen LogP contribution in [0.5, 0.6) is 0 Å². The van der Waals surface area contributed by atoms with Gasteiger partial charge >= 0.3 is 6.03 Å². The van der Waals surface area contributed by atoms with E-state index in [-0.39, 0.29) is 36.7 Å². The SMILES string of the molecule is CC(C(=O)NC(C)(CN)C(C)C)N1C(=O)NC2(CCCC2)C1=O.Cl. The molecule has 1 saturated carbocycles. The molecule has 0 bridgehead atoms. The van der Waals surface area contributed by atoms with Gasteiger partial charge in [-0.15, -0.1) is 12.4 Å². The highest BCUT2D eigenvalue weighted by Gasteiger charge is 2.54. The Balaban J connectivity index is 0.00000288. The summed E-state index contributed by atoms with van der Waals surface area (Å²) in [5, 5.41) is 5.70. The zero-order chi connectivity index (χ0) is 17.4. The van der Waals surface area contributed by atoms with E-state index >= 15 is 0 Å². The summed E-state index contributed by atoms with van der Waals surface area (Å²) in [6.45, 7) is 7.68. The van der Waals surface area contributed by atoms with Crippen LogP contribution in [0.1, 0.15) is 53.4 Å². The Morgan fingerprint density at radius 1 is 1.33 bits per heavy atom. The van der Waals surface area contributed by atoms with E-state index in [0.29, 0.717) is 12.8 Å². The first-order valence-corrected chi connectivity index (χ1v) is 8.35. The number of nitrogens with zero attached hydrogens (tertiary/aromatic N) is 1. The summed E-state index contributed by atoms with van der Waals surface area (Å²) in [5.74, 6) is -0.500. The van der Waals surface area contributed by atoms with E-state index in [1.54, 1.807) is 6.92 Å². The van der Waals surface area contributed by atoms with Crippen LogP contribution in [0.25, 0.3) is 0 Å². The summed E-state index contributed by atoms with van der Waals surface area (Å²) in [4.78, 5) is 38.6. The molecule has 2 aliphatic rings. The van der Waals surface area contributed by atoms with Gasteiger partial charge in [0.15, 0.2) is 0 Å². The van der Waals surface area contributed by atoms with Gasteiger partial charge in [0, 0.05) is 6.54 Å². The number of halogens is 1. The smallest absolute Gasteiger partial charge is 0.325 e. The number of hydrogen-bond acceptors (Lipinski definition) is 4. The van der Waals surface area contributed by atoms with Gasteiger partial charge in [-0.25, -0.2) is 9.69 Å². The fourth-order valence-electron chi connectivity index (χ4n) is 3.24. The van der Waals surface area contributed by atoms with Crippen molar-refractivity contribution in [2.45, 2.75) is 70.5 Å². The molecule has 2 fully saturated rings. The fourth-order valence-corrected chi connectivity index (χ4v) is 3.24. The fraction of sp³-hybridized carbons (Fsp3) is 0.812. The first kappa shape index (κ1) is 20.7. The molecular weight excluding hydrogens is 332 g/mol. The molecule has 2 atom stereocenters. The van der Waals surface area contributed by atoms with E-state index in [4.69, 9.17) is 5.73 Å². The van der Waals surface area contributed by atoms with Gasteiger partial charge in [-0.05, 0) is 32.6 Å². The lowest BCUT2D eigenvalue weighted by Crippen LogP contribution is -2.60. The minimum Gasteiger partial charge on any atom is -0.348 e. The van der Waals surface area contributed by atoms with E-state index in [2.05, 4.69) is 10.6 Å². The Morgan fingerprint density at radius 3 is 2.33 bits per heavy atom. The quantitative estimate of drug-likeness (QED) is 0.639. The second-order valence-corrected chi connectivity index (χ2v) is 7.34. The number of amides is 4. The van der Waals surface area contributed by atoms with Crippen LogP contribution in [0.15, 0.2) is 0 Å². The second kappa shape index (κ2) is 7.27. The first-order valence-electron chi connectivity index (χ1n) is 8.35. The Bertz CT molecular complexity index is 519. The zero-order valence-electron chi connectivity index (χ0n) is 14.8. The van der Waals surface area contributed by atoms with Crippen molar-refractivity contribution in [2.24, 2.45) is 11.7 Å². The van der Waals surface area contributed by atoms with Crippen LogP contribution >= 0.6 is 12.4 Å². The van der Waals surface area contributed by atoms with Crippen molar-refractivity contribution in [1.82, 2.24) is 15.5 Å². The van der Waals surface area contributed by atoms with Crippen molar-refractivity contribution in [3.05, 3.63) is 0 Å². The van der Waals surface area contributed by atoms with Gasteiger partial charge in [-0.2, -0.15) is 0 Å². The van der Waals surface area contributed by atoms with Crippen molar-refractivity contribution in [3.8, 4) is 0 Å². The average Bonchev–Trinajstić information content (AvgIpc) is 3.04. The van der Waals surface area contributed by atoms with Gasteiger partial charge in [-0.3, -0.25) is 9.59 Å². The van der Waals surface area contributed by atoms with Crippen LogP contribution in [0.4, 0.5) is 4.79 Å². The van der Waals surface area contributed by atoms with Gasteiger partial charge in [0.25, 0.3) is 5.91 Å². The minimum absolute atomic E-state index is 0. The van der Waals surface area contributed by atoms with Gasteiger partial charge < -0.3 is 16.4 Å². The molecule has 4 N–H and O–H groups in total. The normalized spacial score (nSPS) is 23.0. The topological polar surface area (TPSA) is 105 Å². The molecule has 0 aromatic rings. The van der Waals surface area contributed by atoms with Crippen LogP contribution in [-0.2, 0) is 9.59 Å². The maximum atomic E-state index is 12.7. The predicted octanol–water partition coefficient (Wildman–Crippen LogP) is 1.15. The van der Waals surface area contributed by atoms with E-state index < -0.39 is 23.2 Å². The highest BCUT2D eigenvalue weighted by atomic mass is 35.5. The number of hydrogen-bond donors (Lipinski definition) is 3. The van der Waals surface area contributed by atoms with Crippen LogP contribution in [0.3, 0.4) is 0 Å². The molecule has 0 radical (unpaired) electrons. The highest BCUT2D eigenvalue weighted by Crippen LogP contribution is 2.35. The van der Waals surface area contributed by atoms with Crippen molar-refractivity contribution in [1.29, 1.82) is 0 Å². The van der Waals surface area contributed by atoms with Gasteiger partial charge in [0.05, 0.1) is 5.54 Å². The zero-order valence-corrected chi connectivity index (χ0v) is 15.7. The molecule has 7 nitrogen and oxygen atoms in total. The Kier molecular flexibility index (Phi) is 6.27. The third-order valence-electron chi connectivity index (χ3n) is 5.52. The van der Waals surface area contributed by atoms with Crippen molar-refractivity contribution in [2.75, 3.05) is 6.54 Å². The van der Waals surface area contributed by atoms with Crippen molar-refractivity contribution in [3.63, 3.8) is 0 Å². The number of imide groups is 1. The Hall–Kier alpha value is -1.34. The minimum atomic E-state index is -0.855. The summed E-state index contributed by atoms with van der Waals surface area (Å²) in [5.41, 5.74) is 4.42. The molecule has 1 heterocycles. The third kappa shape index (κ3) is 3.37. The highest BCUT2D eigenvalue weighted by molar-refractivity contribution is 6.10. The number of nitrogens with two attached hydrogens (primary N) is 1. The van der Waals surface area contributed by atoms with E-state index in [1.807, 2.05) is 20.8 Å². The van der Waals surface area contributed by atoms with E-state index in [9.17, 15) is 14.4 Å². The standard InChI is InChI=1S/C16H28N4O3.ClH/c1-10(2)15(4,9-17)18-12(21)11(3)20-13(22)16(19-14(20)23)7-5-6-8-16;/h10-11H,5-9,17H2,1-4H3,(H,18,21)(H,19,23);1H. The lowest BCUT2D eigenvalue weighted by molar-refractivity contribution is -0.138. The monoisotopic (exact) mass is 360 g/mol. The lowest BCUT2D eigenvalue weighted by atomic mass is 9.88.